The molecule has 2 aliphatic rings. The molecule has 1 aromatic rings. The molecule has 0 aliphatic carbocycles. The number of unbranched alkanes of at least 4 members (excludes halogenated alkanes) is 1. The van der Waals surface area contributed by atoms with Crippen LogP contribution in [0.2, 0.25) is 0 Å². The molecule has 0 unspecified atom stereocenters. The van der Waals surface area contributed by atoms with Gasteiger partial charge < -0.3 is 19.4 Å². The minimum absolute atomic E-state index is 0.0346. The lowest BCUT2D eigenvalue weighted by atomic mass is 10.1. The summed E-state index contributed by atoms with van der Waals surface area (Å²) in [7, 11) is -4.24. The van der Waals surface area contributed by atoms with Crippen LogP contribution in [0.4, 0.5) is 23.7 Å². The van der Waals surface area contributed by atoms with Crippen LogP contribution in [0.15, 0.2) is 4.90 Å². The molecule has 0 N–H and O–H groups in total. The Labute approximate surface area is 184 Å². The maximum atomic E-state index is 15.5. The van der Waals surface area contributed by atoms with Gasteiger partial charge in [0, 0.05) is 39.3 Å². The Morgan fingerprint density at radius 2 is 1.56 bits per heavy atom. The van der Waals surface area contributed by atoms with Gasteiger partial charge in [-0.15, -0.1) is 0 Å². The van der Waals surface area contributed by atoms with Crippen LogP contribution >= 0.6 is 0 Å². The van der Waals surface area contributed by atoms with E-state index >= 15 is 4.39 Å². The number of amides is 2. The standard InChI is InChI=1S/C20H26F3N3O5S/c1-3-5-6-24-11-12-32(29,30)18-16(23)14(21)13(15(22)17(18)24)19(27)25-7-9-26(10-8-25)20(28)31-4-2/h3-12H2,1-2H3. The van der Waals surface area contributed by atoms with Gasteiger partial charge in [-0.1, -0.05) is 13.3 Å². The van der Waals surface area contributed by atoms with E-state index in [0.29, 0.717) is 6.42 Å². The number of ether oxygens (including phenoxy) is 1. The Kier molecular flexibility index (Phi) is 7.21. The Hall–Kier alpha value is -2.50. The number of halogens is 3. The van der Waals surface area contributed by atoms with Gasteiger partial charge in [0.2, 0.25) is 0 Å². The Morgan fingerprint density at radius 1 is 0.938 bits per heavy atom. The number of sulfone groups is 1. The first-order valence-electron chi connectivity index (χ1n) is 10.5. The van der Waals surface area contributed by atoms with E-state index in [2.05, 4.69) is 0 Å². The molecule has 8 nitrogen and oxygen atoms in total. The summed E-state index contributed by atoms with van der Waals surface area (Å²) in [6, 6.07) is 0. The summed E-state index contributed by atoms with van der Waals surface area (Å²) in [6.07, 6.45) is 0.741. The lowest BCUT2D eigenvalue weighted by Crippen LogP contribution is -2.51. The maximum absolute atomic E-state index is 15.5. The molecule has 0 radical (unpaired) electrons. The SMILES string of the molecule is CCCCN1CCS(=O)(=O)c2c(F)c(F)c(C(=O)N3CCN(C(=O)OCC)CC3)c(F)c21. The first kappa shape index (κ1) is 24.1. The third kappa shape index (κ3) is 4.37. The smallest absolute Gasteiger partial charge is 0.409 e. The Bertz CT molecular complexity index is 1010. The number of benzene rings is 1. The van der Waals surface area contributed by atoms with Gasteiger partial charge in [0.05, 0.1) is 18.0 Å². The highest BCUT2D eigenvalue weighted by Crippen LogP contribution is 2.39. The highest BCUT2D eigenvalue weighted by atomic mass is 32.2. The molecule has 0 atom stereocenters. The fourth-order valence-corrected chi connectivity index (χ4v) is 5.40. The van der Waals surface area contributed by atoms with Gasteiger partial charge in [-0.3, -0.25) is 4.79 Å². The minimum Gasteiger partial charge on any atom is -0.450 e. The monoisotopic (exact) mass is 477 g/mol. The molecule has 1 fully saturated rings. The summed E-state index contributed by atoms with van der Waals surface area (Å²) in [5.41, 5.74) is -1.71. The van der Waals surface area contributed by atoms with Crippen LogP contribution in [0.25, 0.3) is 0 Å². The fraction of sp³-hybridized carbons (Fsp3) is 0.600. The summed E-state index contributed by atoms with van der Waals surface area (Å²) in [6.45, 7) is 3.97. The van der Waals surface area contributed by atoms with E-state index < -0.39 is 61.2 Å². The van der Waals surface area contributed by atoms with Crippen LogP contribution in [0.1, 0.15) is 37.0 Å². The molecule has 2 heterocycles. The second kappa shape index (κ2) is 9.55. The van der Waals surface area contributed by atoms with Crippen molar-refractivity contribution in [2.45, 2.75) is 31.6 Å². The normalized spacial score (nSPS) is 17.8. The molecule has 178 valence electrons. The van der Waals surface area contributed by atoms with E-state index in [1.54, 1.807) is 6.92 Å². The van der Waals surface area contributed by atoms with E-state index in [4.69, 9.17) is 4.74 Å². The van der Waals surface area contributed by atoms with Crippen molar-refractivity contribution >= 4 is 27.5 Å². The number of nitrogens with zero attached hydrogens (tertiary/aromatic N) is 3. The van der Waals surface area contributed by atoms with E-state index in [1.165, 1.54) is 9.80 Å². The number of piperazine rings is 1. The van der Waals surface area contributed by atoms with E-state index in [1.807, 2.05) is 6.92 Å². The molecule has 1 aromatic carbocycles. The van der Waals surface area contributed by atoms with Gasteiger partial charge in [0.25, 0.3) is 5.91 Å². The van der Waals surface area contributed by atoms with Gasteiger partial charge in [0.15, 0.2) is 27.3 Å². The van der Waals surface area contributed by atoms with Crippen LogP contribution in [0.3, 0.4) is 0 Å². The average molecular weight is 478 g/mol. The third-order valence-corrected chi connectivity index (χ3v) is 7.31. The lowest BCUT2D eigenvalue weighted by Gasteiger charge is -2.35. The zero-order valence-corrected chi connectivity index (χ0v) is 18.8. The average Bonchev–Trinajstić information content (AvgIpc) is 2.76. The summed E-state index contributed by atoms with van der Waals surface area (Å²) in [5, 5.41) is 0. The molecule has 12 heteroatoms. The number of anilines is 1. The molecule has 3 rings (SSSR count). The molecule has 0 spiro atoms. The first-order chi connectivity index (χ1) is 15.1. The number of fused-ring (bicyclic) bond motifs is 1. The van der Waals surface area contributed by atoms with Crippen molar-refractivity contribution in [1.29, 1.82) is 0 Å². The van der Waals surface area contributed by atoms with Crippen molar-refractivity contribution in [2.24, 2.45) is 0 Å². The van der Waals surface area contributed by atoms with Crippen molar-refractivity contribution in [2.75, 3.05) is 56.5 Å². The molecule has 0 aromatic heterocycles. The highest BCUT2D eigenvalue weighted by molar-refractivity contribution is 7.91. The van der Waals surface area contributed by atoms with E-state index in [0.717, 1.165) is 11.3 Å². The largest absolute Gasteiger partial charge is 0.450 e. The number of hydrogen-bond acceptors (Lipinski definition) is 6. The van der Waals surface area contributed by atoms with Crippen LogP contribution in [0.5, 0.6) is 0 Å². The second-order valence-corrected chi connectivity index (χ2v) is 9.68. The molecule has 0 saturated carbocycles. The van der Waals surface area contributed by atoms with Gasteiger partial charge >= 0.3 is 6.09 Å². The number of carbonyl (C=O) groups excluding carboxylic acids is 2. The topological polar surface area (TPSA) is 87.2 Å². The molecule has 2 aliphatic heterocycles. The number of rotatable bonds is 5. The Morgan fingerprint density at radius 3 is 2.16 bits per heavy atom. The van der Waals surface area contributed by atoms with Gasteiger partial charge in [-0.2, -0.15) is 0 Å². The van der Waals surface area contributed by atoms with Crippen LogP contribution in [-0.4, -0.2) is 81.8 Å². The van der Waals surface area contributed by atoms with Gasteiger partial charge in [-0.25, -0.2) is 26.4 Å². The van der Waals surface area contributed by atoms with Gasteiger partial charge in [-0.05, 0) is 13.3 Å². The van der Waals surface area contributed by atoms with Crippen molar-refractivity contribution in [1.82, 2.24) is 9.80 Å². The summed E-state index contributed by atoms with van der Waals surface area (Å²) >= 11 is 0. The molecule has 1 saturated heterocycles. The third-order valence-electron chi connectivity index (χ3n) is 5.60. The summed E-state index contributed by atoms with van der Waals surface area (Å²) in [5.74, 6) is -6.50. The van der Waals surface area contributed by atoms with E-state index in [9.17, 15) is 26.8 Å². The molecular weight excluding hydrogens is 451 g/mol. The predicted octanol–water partition coefficient (Wildman–Crippen LogP) is 2.41. The molecule has 2 amide bonds. The minimum atomic E-state index is -4.24. The first-order valence-corrected chi connectivity index (χ1v) is 12.2. The number of hydrogen-bond donors (Lipinski definition) is 0. The zero-order valence-electron chi connectivity index (χ0n) is 18.0. The summed E-state index contributed by atoms with van der Waals surface area (Å²) in [4.78, 5) is 27.5. The predicted molar refractivity (Wildman–Crippen MR) is 110 cm³/mol. The summed E-state index contributed by atoms with van der Waals surface area (Å²) < 4.78 is 75.0. The lowest BCUT2D eigenvalue weighted by molar-refractivity contribution is 0.0561. The van der Waals surface area contributed by atoms with Crippen molar-refractivity contribution < 1.29 is 35.9 Å². The van der Waals surface area contributed by atoms with Crippen molar-refractivity contribution in [3.05, 3.63) is 23.0 Å². The van der Waals surface area contributed by atoms with Crippen LogP contribution in [-0.2, 0) is 14.6 Å². The van der Waals surface area contributed by atoms with Crippen LogP contribution in [0, 0.1) is 17.5 Å². The quantitative estimate of drug-likeness (QED) is 0.606. The maximum Gasteiger partial charge on any atom is 0.409 e. The molecular formula is C20H26F3N3O5S. The molecule has 0 bridgehead atoms. The zero-order chi connectivity index (χ0) is 23.6. The second-order valence-electron chi connectivity index (χ2n) is 7.63. The highest BCUT2D eigenvalue weighted by Gasteiger charge is 2.41. The van der Waals surface area contributed by atoms with E-state index in [-0.39, 0.29) is 45.9 Å². The van der Waals surface area contributed by atoms with Crippen molar-refractivity contribution in [3.63, 3.8) is 0 Å². The molecule has 32 heavy (non-hydrogen) atoms. The van der Waals surface area contributed by atoms with Crippen molar-refractivity contribution in [3.8, 4) is 0 Å². The number of carbonyl (C=O) groups is 2. The van der Waals surface area contributed by atoms with Crippen LogP contribution < -0.4 is 4.90 Å². The Balaban J connectivity index is 1.97. The van der Waals surface area contributed by atoms with Gasteiger partial charge in [0.1, 0.15) is 10.5 Å². The fourth-order valence-electron chi connectivity index (χ4n) is 3.86.